The van der Waals surface area contributed by atoms with Crippen LogP contribution in [-0.2, 0) is 16.0 Å². The lowest BCUT2D eigenvalue weighted by molar-refractivity contribution is -0.142. The lowest BCUT2D eigenvalue weighted by Gasteiger charge is -2.26. The molecule has 0 saturated carbocycles. The molecule has 1 aliphatic rings. The van der Waals surface area contributed by atoms with Crippen LogP contribution in [0.1, 0.15) is 50.2 Å². The number of hydrogen-bond donors (Lipinski definition) is 3. The van der Waals surface area contributed by atoms with Crippen molar-refractivity contribution in [3.05, 3.63) is 29.3 Å². The summed E-state index contributed by atoms with van der Waals surface area (Å²) in [5.41, 5.74) is 1.71. The molecule has 2 atom stereocenters. The van der Waals surface area contributed by atoms with Crippen LogP contribution in [0, 0.1) is 11.8 Å². The van der Waals surface area contributed by atoms with Crippen molar-refractivity contribution in [3.63, 3.8) is 0 Å². The fraction of sp³-hybridized carbons (Fsp3) is 0.556. The Labute approximate surface area is 136 Å². The summed E-state index contributed by atoms with van der Waals surface area (Å²) in [6, 6.07) is 5.27. The first kappa shape index (κ1) is 17.3. The molecule has 3 N–H and O–H groups in total. The van der Waals surface area contributed by atoms with Crippen LogP contribution < -0.4 is 5.32 Å². The Kier molecular flexibility index (Phi) is 5.64. The van der Waals surface area contributed by atoms with Crippen LogP contribution in [-0.4, -0.2) is 28.6 Å². The minimum atomic E-state index is -0.874. The summed E-state index contributed by atoms with van der Waals surface area (Å²) < 4.78 is 0. The van der Waals surface area contributed by atoms with Crippen LogP contribution in [0.25, 0.3) is 0 Å². The predicted molar refractivity (Wildman–Crippen MR) is 87.4 cm³/mol. The summed E-state index contributed by atoms with van der Waals surface area (Å²) in [6.07, 6.45) is 2.88. The Bertz CT molecular complexity index is 582. The first-order valence-electron chi connectivity index (χ1n) is 8.21. The van der Waals surface area contributed by atoms with E-state index in [1.54, 1.807) is 12.1 Å². The van der Waals surface area contributed by atoms with E-state index >= 15 is 0 Å². The molecule has 0 fully saturated rings. The van der Waals surface area contributed by atoms with Crippen LogP contribution in [0.2, 0.25) is 0 Å². The van der Waals surface area contributed by atoms with Gasteiger partial charge in [0.1, 0.15) is 5.75 Å². The number of phenolic OH excluding ortho intramolecular Hbond substituents is 1. The number of carboxylic acid groups (broad SMARTS) is 1. The van der Waals surface area contributed by atoms with Crippen molar-refractivity contribution < 1.29 is 19.8 Å². The standard InChI is InChI=1S/C18H25NO4/c1-11(2)9-12(18(22)23)10-19-17(21)15-7-3-6-14-13(15)5-4-8-16(14)20/h4-5,8,11-12,15,20H,3,6-7,9-10H2,1-2H3,(H,19,21)(H,22,23)/t12-,15-/m1/s1. The molecule has 0 aromatic heterocycles. The second kappa shape index (κ2) is 7.49. The van der Waals surface area contributed by atoms with Crippen molar-refractivity contribution in [1.82, 2.24) is 5.32 Å². The van der Waals surface area contributed by atoms with Gasteiger partial charge in [0.15, 0.2) is 0 Å². The summed E-state index contributed by atoms with van der Waals surface area (Å²) >= 11 is 0. The summed E-state index contributed by atoms with van der Waals surface area (Å²) in [6.45, 7) is 4.09. The van der Waals surface area contributed by atoms with Gasteiger partial charge in [-0.15, -0.1) is 0 Å². The largest absolute Gasteiger partial charge is 0.508 e. The number of carbonyl (C=O) groups is 2. The molecule has 5 nitrogen and oxygen atoms in total. The number of benzene rings is 1. The van der Waals surface area contributed by atoms with Crippen LogP contribution >= 0.6 is 0 Å². The zero-order chi connectivity index (χ0) is 17.0. The first-order chi connectivity index (χ1) is 10.9. The lowest BCUT2D eigenvalue weighted by atomic mass is 9.81. The molecule has 0 heterocycles. The Morgan fingerprint density at radius 1 is 1.35 bits per heavy atom. The normalized spacial score (nSPS) is 18.3. The minimum Gasteiger partial charge on any atom is -0.508 e. The number of fused-ring (bicyclic) bond motifs is 1. The summed E-state index contributed by atoms with van der Waals surface area (Å²) in [5.74, 6) is -1.39. The van der Waals surface area contributed by atoms with Gasteiger partial charge >= 0.3 is 5.97 Å². The van der Waals surface area contributed by atoms with Crippen LogP contribution in [0.4, 0.5) is 0 Å². The SMILES string of the molecule is CC(C)C[C@H](CNC(=O)[C@@H]1CCCc2c(O)cccc21)C(=O)O. The highest BCUT2D eigenvalue weighted by Crippen LogP contribution is 2.36. The molecule has 0 spiro atoms. The lowest BCUT2D eigenvalue weighted by Crippen LogP contribution is -2.37. The monoisotopic (exact) mass is 319 g/mol. The number of amides is 1. The predicted octanol–water partition coefficient (Wildman–Crippen LogP) is 2.68. The van der Waals surface area contributed by atoms with Crippen LogP contribution in [0.5, 0.6) is 5.75 Å². The van der Waals surface area contributed by atoms with Crippen molar-refractivity contribution in [2.45, 2.75) is 45.4 Å². The van der Waals surface area contributed by atoms with Crippen LogP contribution in [0.15, 0.2) is 18.2 Å². The summed E-state index contributed by atoms with van der Waals surface area (Å²) in [4.78, 5) is 23.8. The van der Waals surface area contributed by atoms with Gasteiger partial charge in [0, 0.05) is 6.54 Å². The summed E-state index contributed by atoms with van der Waals surface area (Å²) in [7, 11) is 0. The quantitative estimate of drug-likeness (QED) is 0.752. The maximum absolute atomic E-state index is 12.5. The molecule has 5 heteroatoms. The Hall–Kier alpha value is -2.04. The minimum absolute atomic E-state index is 0.147. The van der Waals surface area contributed by atoms with E-state index in [1.807, 2.05) is 19.9 Å². The molecule has 1 aliphatic carbocycles. The first-order valence-corrected chi connectivity index (χ1v) is 8.21. The van der Waals surface area contributed by atoms with E-state index in [-0.39, 0.29) is 30.0 Å². The highest BCUT2D eigenvalue weighted by atomic mass is 16.4. The van der Waals surface area contributed by atoms with Gasteiger partial charge in [-0.25, -0.2) is 0 Å². The number of aliphatic carboxylic acids is 1. The maximum Gasteiger partial charge on any atom is 0.308 e. The van der Waals surface area contributed by atoms with E-state index in [1.165, 1.54) is 0 Å². The van der Waals surface area contributed by atoms with E-state index < -0.39 is 11.9 Å². The van der Waals surface area contributed by atoms with E-state index in [9.17, 15) is 19.8 Å². The second-order valence-electron chi connectivity index (χ2n) is 6.70. The molecule has 0 radical (unpaired) electrons. The number of carbonyl (C=O) groups excluding carboxylic acids is 1. The number of carboxylic acids is 1. The van der Waals surface area contributed by atoms with Crippen LogP contribution in [0.3, 0.4) is 0 Å². The van der Waals surface area contributed by atoms with Crippen molar-refractivity contribution >= 4 is 11.9 Å². The molecular formula is C18H25NO4. The molecule has 2 rings (SSSR count). The Morgan fingerprint density at radius 2 is 2.09 bits per heavy atom. The fourth-order valence-corrected chi connectivity index (χ4v) is 3.29. The highest BCUT2D eigenvalue weighted by Gasteiger charge is 2.29. The van der Waals surface area contributed by atoms with Crippen molar-refractivity contribution in [1.29, 1.82) is 0 Å². The van der Waals surface area contributed by atoms with Crippen molar-refractivity contribution in [3.8, 4) is 5.75 Å². The van der Waals surface area contributed by atoms with Gasteiger partial charge < -0.3 is 15.5 Å². The number of aromatic hydroxyl groups is 1. The fourth-order valence-electron chi connectivity index (χ4n) is 3.29. The third kappa shape index (κ3) is 4.24. The van der Waals surface area contributed by atoms with E-state index in [0.717, 1.165) is 30.4 Å². The van der Waals surface area contributed by atoms with E-state index in [2.05, 4.69) is 5.32 Å². The number of nitrogens with one attached hydrogen (secondary N) is 1. The van der Waals surface area contributed by atoms with Gasteiger partial charge in [0.25, 0.3) is 0 Å². The van der Waals surface area contributed by atoms with Gasteiger partial charge in [-0.3, -0.25) is 9.59 Å². The van der Waals surface area contributed by atoms with E-state index in [0.29, 0.717) is 6.42 Å². The number of hydrogen-bond acceptors (Lipinski definition) is 3. The van der Waals surface area contributed by atoms with Crippen molar-refractivity contribution in [2.24, 2.45) is 11.8 Å². The van der Waals surface area contributed by atoms with Crippen molar-refractivity contribution in [2.75, 3.05) is 6.54 Å². The smallest absolute Gasteiger partial charge is 0.308 e. The molecule has 0 bridgehead atoms. The molecule has 1 amide bonds. The average Bonchev–Trinajstić information content (AvgIpc) is 2.50. The molecule has 23 heavy (non-hydrogen) atoms. The van der Waals surface area contributed by atoms with Gasteiger partial charge in [-0.2, -0.15) is 0 Å². The maximum atomic E-state index is 12.5. The molecule has 0 unspecified atom stereocenters. The van der Waals surface area contributed by atoms with Gasteiger partial charge in [-0.05, 0) is 48.8 Å². The molecule has 1 aromatic carbocycles. The molecule has 1 aromatic rings. The third-order valence-corrected chi connectivity index (χ3v) is 4.43. The molecule has 126 valence electrons. The van der Waals surface area contributed by atoms with Gasteiger partial charge in [0.05, 0.1) is 11.8 Å². The molecule has 0 saturated heterocycles. The zero-order valence-corrected chi connectivity index (χ0v) is 13.7. The van der Waals surface area contributed by atoms with E-state index in [4.69, 9.17) is 0 Å². The number of phenols is 1. The molecular weight excluding hydrogens is 294 g/mol. The summed E-state index contributed by atoms with van der Waals surface area (Å²) in [5, 5.41) is 22.0. The Morgan fingerprint density at radius 3 is 2.74 bits per heavy atom. The molecule has 0 aliphatic heterocycles. The topological polar surface area (TPSA) is 86.6 Å². The van der Waals surface area contributed by atoms with Gasteiger partial charge in [-0.1, -0.05) is 26.0 Å². The number of rotatable bonds is 6. The highest BCUT2D eigenvalue weighted by molar-refractivity contribution is 5.85. The second-order valence-corrected chi connectivity index (χ2v) is 6.70. The third-order valence-electron chi connectivity index (χ3n) is 4.43. The Balaban J connectivity index is 2.05. The average molecular weight is 319 g/mol. The zero-order valence-electron chi connectivity index (χ0n) is 13.7. The van der Waals surface area contributed by atoms with Gasteiger partial charge in [0.2, 0.25) is 5.91 Å².